The van der Waals surface area contributed by atoms with Gasteiger partial charge in [0.25, 0.3) is 0 Å². The SMILES string of the molecule is N#Cc1nc(N=Nc2ccc(O)cc2O)[n-]c1C#N.[C-]#[N+]c1nc(N=Nc2ccc(O)cc2O)[n-]c1[N+]#[C-].[Co]. The van der Waals surface area contributed by atoms with Crippen molar-refractivity contribution in [1.29, 1.82) is 10.5 Å². The summed E-state index contributed by atoms with van der Waals surface area (Å²) >= 11 is 0. The molecule has 1 radical (unpaired) electrons. The first-order chi connectivity index (χ1) is 18.3. The van der Waals surface area contributed by atoms with Crippen LogP contribution in [0.5, 0.6) is 23.0 Å². The van der Waals surface area contributed by atoms with Crippen molar-refractivity contribution in [3.8, 4) is 35.1 Å². The number of benzene rings is 2. The van der Waals surface area contributed by atoms with Crippen LogP contribution in [0.1, 0.15) is 11.4 Å². The Morgan fingerprint density at radius 3 is 1.67 bits per heavy atom. The van der Waals surface area contributed by atoms with Crippen LogP contribution in [0.15, 0.2) is 56.9 Å². The minimum Gasteiger partial charge on any atom is -0.562 e. The van der Waals surface area contributed by atoms with E-state index in [4.69, 9.17) is 33.9 Å². The monoisotopic (exact) mass is 565 g/mol. The van der Waals surface area contributed by atoms with Crippen LogP contribution in [0.3, 0.4) is 0 Å². The van der Waals surface area contributed by atoms with Crippen molar-refractivity contribution in [3.05, 3.63) is 70.6 Å². The zero-order chi connectivity index (χ0) is 27.7. The molecule has 0 fully saturated rings. The zero-order valence-corrected chi connectivity index (χ0v) is 20.0. The molecule has 2 aromatic carbocycles. The van der Waals surface area contributed by atoms with Gasteiger partial charge in [0.2, 0.25) is 5.95 Å². The Kier molecular flexibility index (Phi) is 9.76. The number of phenolic OH excluding ortho intramolecular Hbond substituents is 4. The summed E-state index contributed by atoms with van der Waals surface area (Å²) in [6, 6.07) is 11.0. The summed E-state index contributed by atoms with van der Waals surface area (Å²) in [7, 11) is 0. The van der Waals surface area contributed by atoms with E-state index < -0.39 is 0 Å². The van der Waals surface area contributed by atoms with E-state index in [1.807, 2.05) is 0 Å². The second kappa shape index (κ2) is 13.2. The predicted octanol–water partition coefficient (Wildman–Crippen LogP) is 4.57. The van der Waals surface area contributed by atoms with Gasteiger partial charge in [-0.15, -0.1) is 10.2 Å². The molecule has 0 atom stereocenters. The maximum atomic E-state index is 9.47. The zero-order valence-electron chi connectivity index (χ0n) is 19.0. The minimum absolute atomic E-state index is 0. The Hall–Kier alpha value is -6.27. The van der Waals surface area contributed by atoms with E-state index in [9.17, 15) is 10.2 Å². The quantitative estimate of drug-likeness (QED) is 0.198. The van der Waals surface area contributed by atoms with Crippen LogP contribution < -0.4 is 9.97 Å². The van der Waals surface area contributed by atoms with Gasteiger partial charge in [0, 0.05) is 34.9 Å². The maximum Gasteiger partial charge on any atom is 0.237 e. The van der Waals surface area contributed by atoms with Crippen molar-refractivity contribution in [3.63, 3.8) is 0 Å². The predicted molar refractivity (Wildman–Crippen MR) is 125 cm³/mol. The van der Waals surface area contributed by atoms with Crippen molar-refractivity contribution in [2.45, 2.75) is 0 Å². The second-order valence-electron chi connectivity index (χ2n) is 6.58. The van der Waals surface area contributed by atoms with Gasteiger partial charge >= 0.3 is 0 Å². The van der Waals surface area contributed by atoms with Crippen LogP contribution in [0, 0.1) is 35.8 Å². The number of hydrogen-bond donors (Lipinski definition) is 4. The van der Waals surface area contributed by atoms with Crippen LogP contribution >= 0.6 is 0 Å². The fourth-order valence-electron chi connectivity index (χ4n) is 2.43. The van der Waals surface area contributed by atoms with Crippen molar-refractivity contribution in [2.75, 3.05) is 0 Å². The number of aromatic nitrogens is 4. The van der Waals surface area contributed by atoms with Gasteiger partial charge in [-0.1, -0.05) is 6.57 Å². The third kappa shape index (κ3) is 7.36. The van der Waals surface area contributed by atoms with Gasteiger partial charge < -0.3 is 40.1 Å². The summed E-state index contributed by atoms with van der Waals surface area (Å²) < 4.78 is 0. The van der Waals surface area contributed by atoms with Gasteiger partial charge in [-0.05, 0) is 24.3 Å². The molecule has 17 heteroatoms. The molecule has 0 aliphatic carbocycles. The number of imidazole rings is 2. The average Bonchev–Trinajstić information content (AvgIpc) is 3.51. The Labute approximate surface area is 228 Å². The number of nitrogens with zero attached hydrogens (tertiary/aromatic N) is 12. The molecule has 193 valence electrons. The summed E-state index contributed by atoms with van der Waals surface area (Å²) in [5.74, 6) is -1.31. The number of hydrogen-bond acceptors (Lipinski definition) is 12. The molecular weight excluding hydrogens is 555 g/mol. The van der Waals surface area contributed by atoms with Gasteiger partial charge in [-0.2, -0.15) is 10.5 Å². The first-order valence-electron chi connectivity index (χ1n) is 9.80. The number of azo groups is 2. The molecule has 16 nitrogen and oxygen atoms in total. The van der Waals surface area contributed by atoms with Gasteiger partial charge in [0.15, 0.2) is 0 Å². The van der Waals surface area contributed by atoms with E-state index in [1.165, 1.54) is 24.3 Å². The van der Waals surface area contributed by atoms with Crippen LogP contribution in [0.4, 0.5) is 34.9 Å². The summed E-state index contributed by atoms with van der Waals surface area (Å²) in [6.07, 6.45) is 0. The van der Waals surface area contributed by atoms with E-state index in [0.29, 0.717) is 0 Å². The molecule has 4 rings (SSSR count). The summed E-state index contributed by atoms with van der Waals surface area (Å²) in [6.45, 7) is 13.6. The smallest absolute Gasteiger partial charge is 0.237 e. The van der Waals surface area contributed by atoms with E-state index in [2.05, 4.69) is 50.1 Å². The van der Waals surface area contributed by atoms with Gasteiger partial charge in [-0.25, -0.2) is 11.7 Å². The van der Waals surface area contributed by atoms with E-state index >= 15 is 0 Å². The minimum atomic E-state index is -0.267. The Bertz CT molecular complexity index is 1540. The molecule has 0 unspecified atom stereocenters. The van der Waals surface area contributed by atoms with Crippen molar-refractivity contribution in [1.82, 2.24) is 19.9 Å². The fraction of sp³-hybridized carbons (Fsp3) is 0. The van der Waals surface area contributed by atoms with Crippen LogP contribution in [0.25, 0.3) is 9.69 Å². The van der Waals surface area contributed by atoms with Gasteiger partial charge in [-0.3, -0.25) is 15.1 Å². The molecular formula is C22H10CoN12O4-2. The molecule has 0 bridgehead atoms. The largest absolute Gasteiger partial charge is 0.562 e. The third-order valence-corrected chi connectivity index (χ3v) is 4.10. The molecule has 4 N–H and O–H groups in total. The number of aromatic hydroxyl groups is 4. The number of rotatable bonds is 4. The Morgan fingerprint density at radius 2 is 1.28 bits per heavy atom. The molecule has 0 amide bonds. The first-order valence-corrected chi connectivity index (χ1v) is 9.80. The molecule has 2 heterocycles. The molecule has 4 aromatic rings. The third-order valence-electron chi connectivity index (χ3n) is 4.10. The topological polar surface area (TPSA) is 241 Å². The molecule has 39 heavy (non-hydrogen) atoms. The van der Waals surface area contributed by atoms with Crippen molar-refractivity contribution < 1.29 is 37.2 Å². The molecule has 0 spiro atoms. The number of nitriles is 2. The second-order valence-corrected chi connectivity index (χ2v) is 6.58. The molecule has 0 aliphatic heterocycles. The summed E-state index contributed by atoms with van der Waals surface area (Å²) in [5, 5.41) is 69.0. The van der Waals surface area contributed by atoms with Gasteiger partial charge in [0.1, 0.15) is 52.3 Å². The molecule has 0 aliphatic rings. The molecule has 2 aromatic heterocycles. The summed E-state index contributed by atoms with van der Waals surface area (Å²) in [4.78, 5) is 20.8. The number of phenols is 4. The van der Waals surface area contributed by atoms with E-state index in [0.717, 1.165) is 12.1 Å². The van der Waals surface area contributed by atoms with Crippen molar-refractivity contribution >= 4 is 34.9 Å². The Balaban J connectivity index is 0.000000267. The molecule has 0 saturated heterocycles. The summed E-state index contributed by atoms with van der Waals surface area (Å²) in [5.41, 5.74) is -0.0614. The van der Waals surface area contributed by atoms with Crippen LogP contribution in [-0.2, 0) is 16.8 Å². The van der Waals surface area contributed by atoms with Gasteiger partial charge in [0.05, 0.1) is 17.2 Å². The van der Waals surface area contributed by atoms with E-state index in [-0.39, 0.29) is 86.1 Å². The fourth-order valence-corrected chi connectivity index (χ4v) is 2.43. The molecule has 0 saturated carbocycles. The maximum absolute atomic E-state index is 9.47. The van der Waals surface area contributed by atoms with Crippen molar-refractivity contribution in [2.24, 2.45) is 20.5 Å². The van der Waals surface area contributed by atoms with Crippen LogP contribution in [0.2, 0.25) is 0 Å². The average molecular weight is 565 g/mol. The van der Waals surface area contributed by atoms with Crippen LogP contribution in [-0.4, -0.2) is 30.4 Å². The standard InChI is InChI=1S/2C11H5N6O2.Co/c1-12-9-10(13-2)15-11(14-9)17-16-7-4-3-6(18)5-8(7)19;12-4-8-9(5-13)15-11(14-8)17-16-7-2-1-6(18)3-10(7)19;/h3-5H,(H2-,14,15,16,17,18,19);1-3H,(H2-,14,15,16,17,18,19);/q2*-1;. The first kappa shape index (κ1) is 29.0. The normalized spacial score (nSPS) is 9.95. The Morgan fingerprint density at radius 1 is 0.744 bits per heavy atom. The van der Waals surface area contributed by atoms with E-state index in [1.54, 1.807) is 12.1 Å².